The van der Waals surface area contributed by atoms with Crippen molar-refractivity contribution in [2.75, 3.05) is 25.0 Å². The summed E-state index contributed by atoms with van der Waals surface area (Å²) in [4.78, 5) is 39.2. The third kappa shape index (κ3) is 4.66. The van der Waals surface area contributed by atoms with Crippen LogP contribution in [0.2, 0.25) is 0 Å². The molecule has 0 saturated carbocycles. The van der Waals surface area contributed by atoms with Crippen LogP contribution in [0, 0.1) is 11.8 Å². The minimum Gasteiger partial charge on any atom is -0.352 e. The lowest BCUT2D eigenvalue weighted by atomic mass is 9.96. The van der Waals surface area contributed by atoms with Crippen molar-refractivity contribution in [3.63, 3.8) is 0 Å². The van der Waals surface area contributed by atoms with E-state index in [-0.39, 0.29) is 39.6 Å². The van der Waals surface area contributed by atoms with Crippen molar-refractivity contribution in [1.29, 1.82) is 0 Å². The number of hydrogen-bond donors (Lipinski definition) is 2. The summed E-state index contributed by atoms with van der Waals surface area (Å²) in [6, 6.07) is 7.09. The number of hydrogen-bond acceptors (Lipinski definition) is 5. The topological polar surface area (TPSA) is 118 Å². The summed E-state index contributed by atoms with van der Waals surface area (Å²) in [5.41, 5.74) is 0.351. The molecule has 3 heterocycles. The van der Waals surface area contributed by atoms with E-state index in [0.717, 1.165) is 16.8 Å². The van der Waals surface area contributed by atoms with Gasteiger partial charge in [-0.2, -0.15) is 0 Å². The van der Waals surface area contributed by atoms with E-state index in [1.807, 2.05) is 18.7 Å². The van der Waals surface area contributed by atoms with E-state index in [9.17, 15) is 22.8 Å². The molecule has 176 valence electrons. The Hall–Kier alpha value is -3.14. The van der Waals surface area contributed by atoms with E-state index in [1.54, 1.807) is 0 Å². The molecule has 2 aromatic rings. The number of benzene rings is 1. The number of likely N-dealkylation sites (tertiary alicyclic amines) is 1. The van der Waals surface area contributed by atoms with Crippen LogP contribution in [-0.2, 0) is 14.8 Å². The van der Waals surface area contributed by atoms with Gasteiger partial charge in [0.05, 0.1) is 5.69 Å². The molecule has 1 fully saturated rings. The first-order chi connectivity index (χ1) is 15.7. The molecule has 1 aromatic heterocycles. The number of aromatic nitrogens is 1. The summed E-state index contributed by atoms with van der Waals surface area (Å²) in [6.45, 7) is 5.91. The molecule has 2 aliphatic rings. The summed E-state index contributed by atoms with van der Waals surface area (Å²) in [7, 11) is -3.95. The minimum absolute atomic E-state index is 0.00965. The van der Waals surface area contributed by atoms with Crippen molar-refractivity contribution in [2.45, 2.75) is 38.0 Å². The highest BCUT2D eigenvalue weighted by atomic mass is 32.2. The predicted molar refractivity (Wildman–Crippen MR) is 123 cm³/mol. The molecule has 1 aromatic carbocycles. The molecule has 10 heteroatoms. The van der Waals surface area contributed by atoms with Crippen LogP contribution in [0.15, 0.2) is 41.4 Å². The molecule has 0 radical (unpaired) electrons. The molecule has 0 aliphatic carbocycles. The van der Waals surface area contributed by atoms with Crippen LogP contribution in [0.3, 0.4) is 0 Å². The lowest BCUT2D eigenvalue weighted by molar-refractivity contribution is -0.133. The van der Waals surface area contributed by atoms with Crippen molar-refractivity contribution in [3.8, 4) is 0 Å². The highest BCUT2D eigenvalue weighted by Gasteiger charge is 2.30. The Balaban J connectivity index is 1.39. The number of fused-ring (bicyclic) bond motifs is 2. The molecule has 0 spiro atoms. The lowest BCUT2D eigenvalue weighted by Crippen LogP contribution is -2.41. The number of carbonyl (C=O) groups excluding carboxylic acids is 3. The van der Waals surface area contributed by atoms with Gasteiger partial charge in [-0.15, -0.1) is 0 Å². The standard InChI is InChI=1S/C23H28N4O5S/c1-15(2)12-21(28)26-10-7-16(8-11-26)14-24-22(29)17-5-6-20-18(13-17)25-23(30)19-4-3-9-27(19)33(20,31)32/h3-6,9,13,15-16H,7-8,10-12,14H2,1-2H3,(H,24,29)(H,25,30). The Labute approximate surface area is 193 Å². The third-order valence-corrected chi connectivity index (χ3v) is 7.82. The maximum Gasteiger partial charge on any atom is 0.273 e. The fourth-order valence-corrected chi connectivity index (χ4v) is 5.71. The molecule has 4 rings (SSSR count). The number of rotatable bonds is 5. The Morgan fingerprint density at radius 1 is 1.18 bits per heavy atom. The van der Waals surface area contributed by atoms with E-state index < -0.39 is 15.9 Å². The molecule has 0 atom stereocenters. The number of nitrogens with zero attached hydrogens (tertiary/aromatic N) is 2. The minimum atomic E-state index is -3.95. The smallest absolute Gasteiger partial charge is 0.273 e. The van der Waals surface area contributed by atoms with Crippen molar-refractivity contribution in [2.24, 2.45) is 11.8 Å². The summed E-state index contributed by atoms with van der Waals surface area (Å²) < 4.78 is 26.8. The van der Waals surface area contributed by atoms with Gasteiger partial charge in [-0.1, -0.05) is 13.8 Å². The fourth-order valence-electron chi connectivity index (χ4n) is 4.24. The van der Waals surface area contributed by atoms with Gasteiger partial charge in [0.15, 0.2) is 0 Å². The average Bonchev–Trinajstić information content (AvgIpc) is 3.26. The van der Waals surface area contributed by atoms with E-state index in [4.69, 9.17) is 0 Å². The summed E-state index contributed by atoms with van der Waals surface area (Å²) in [6.07, 6.45) is 3.52. The van der Waals surface area contributed by atoms with Crippen LogP contribution in [0.4, 0.5) is 5.69 Å². The zero-order valence-corrected chi connectivity index (χ0v) is 19.5. The van der Waals surface area contributed by atoms with Gasteiger partial charge in [0.2, 0.25) is 5.91 Å². The Bertz CT molecular complexity index is 1190. The van der Waals surface area contributed by atoms with E-state index >= 15 is 0 Å². The fraction of sp³-hybridized carbons (Fsp3) is 0.435. The molecule has 2 N–H and O–H groups in total. The summed E-state index contributed by atoms with van der Waals surface area (Å²) in [5, 5.41) is 5.50. The molecule has 9 nitrogen and oxygen atoms in total. The number of anilines is 1. The second kappa shape index (κ2) is 9.01. The molecular weight excluding hydrogens is 444 g/mol. The van der Waals surface area contributed by atoms with Crippen LogP contribution in [-0.4, -0.2) is 54.6 Å². The van der Waals surface area contributed by atoms with Crippen LogP contribution in [0.1, 0.15) is 54.0 Å². The second-order valence-corrected chi connectivity index (χ2v) is 10.8. The van der Waals surface area contributed by atoms with Gasteiger partial charge in [0.25, 0.3) is 21.8 Å². The summed E-state index contributed by atoms with van der Waals surface area (Å²) in [5.74, 6) is -0.115. The van der Waals surface area contributed by atoms with Gasteiger partial charge in [-0.05, 0) is 55.0 Å². The van der Waals surface area contributed by atoms with Crippen LogP contribution >= 0.6 is 0 Å². The largest absolute Gasteiger partial charge is 0.352 e. The van der Waals surface area contributed by atoms with E-state index in [0.29, 0.717) is 32.0 Å². The van der Waals surface area contributed by atoms with Crippen molar-refractivity contribution in [3.05, 3.63) is 47.8 Å². The molecule has 33 heavy (non-hydrogen) atoms. The quantitative estimate of drug-likeness (QED) is 0.692. The molecule has 0 unspecified atom stereocenters. The van der Waals surface area contributed by atoms with E-state index in [2.05, 4.69) is 10.6 Å². The number of carbonyl (C=O) groups is 3. The Morgan fingerprint density at radius 3 is 2.61 bits per heavy atom. The van der Waals surface area contributed by atoms with Crippen LogP contribution < -0.4 is 10.6 Å². The van der Waals surface area contributed by atoms with Crippen LogP contribution in [0.5, 0.6) is 0 Å². The third-order valence-electron chi connectivity index (χ3n) is 6.07. The first kappa shape index (κ1) is 23.0. The highest BCUT2D eigenvalue weighted by Crippen LogP contribution is 2.29. The molecule has 1 saturated heterocycles. The number of piperidine rings is 1. The van der Waals surface area contributed by atoms with Crippen molar-refractivity contribution >= 4 is 33.4 Å². The first-order valence-corrected chi connectivity index (χ1v) is 12.5. The van der Waals surface area contributed by atoms with Gasteiger partial charge in [-0.3, -0.25) is 14.4 Å². The Morgan fingerprint density at radius 2 is 1.91 bits per heavy atom. The van der Waals surface area contributed by atoms with Crippen molar-refractivity contribution in [1.82, 2.24) is 14.2 Å². The van der Waals surface area contributed by atoms with E-state index in [1.165, 1.54) is 36.5 Å². The monoisotopic (exact) mass is 472 g/mol. The molecule has 3 amide bonds. The normalized spacial score (nSPS) is 17.7. The van der Waals surface area contributed by atoms with Gasteiger partial charge in [0, 0.05) is 37.8 Å². The maximum atomic E-state index is 12.9. The molecular formula is C23H28N4O5S. The van der Waals surface area contributed by atoms with Gasteiger partial charge < -0.3 is 15.5 Å². The Kier molecular flexibility index (Phi) is 6.29. The highest BCUT2D eigenvalue weighted by molar-refractivity contribution is 7.90. The first-order valence-electron chi connectivity index (χ1n) is 11.1. The maximum absolute atomic E-state index is 12.9. The van der Waals surface area contributed by atoms with Gasteiger partial charge in [-0.25, -0.2) is 12.4 Å². The zero-order valence-electron chi connectivity index (χ0n) is 18.7. The lowest BCUT2D eigenvalue weighted by Gasteiger charge is -2.32. The second-order valence-electron chi connectivity index (χ2n) is 8.99. The van der Waals surface area contributed by atoms with Crippen LogP contribution in [0.25, 0.3) is 0 Å². The average molecular weight is 473 g/mol. The van der Waals surface area contributed by atoms with Crippen molar-refractivity contribution < 1.29 is 22.8 Å². The zero-order chi connectivity index (χ0) is 23.8. The molecule has 0 bridgehead atoms. The summed E-state index contributed by atoms with van der Waals surface area (Å²) >= 11 is 0. The predicted octanol–water partition coefficient (Wildman–Crippen LogP) is 2.31. The van der Waals surface area contributed by atoms with Gasteiger partial charge >= 0.3 is 0 Å². The SMILES string of the molecule is CC(C)CC(=O)N1CCC(CNC(=O)c2ccc3c(c2)NC(=O)c2cccn2S3(=O)=O)CC1. The number of nitrogens with one attached hydrogen (secondary N) is 2. The number of amides is 3. The molecule has 2 aliphatic heterocycles. The van der Waals surface area contributed by atoms with Gasteiger partial charge in [0.1, 0.15) is 10.6 Å².